The van der Waals surface area contributed by atoms with E-state index in [0.717, 1.165) is 38.8 Å². The van der Waals surface area contributed by atoms with Crippen LogP contribution in [0.25, 0.3) is 0 Å². The molecular weight excluding hydrogens is 300 g/mol. The summed E-state index contributed by atoms with van der Waals surface area (Å²) in [5.74, 6) is 2.18. The zero-order valence-corrected chi connectivity index (χ0v) is 13.2. The Balaban J connectivity index is 2.11. The number of rotatable bonds is 4. The van der Waals surface area contributed by atoms with Crippen molar-refractivity contribution in [3.63, 3.8) is 0 Å². The van der Waals surface area contributed by atoms with Crippen LogP contribution in [0.4, 0.5) is 0 Å². The molecule has 118 valence electrons. The summed E-state index contributed by atoms with van der Waals surface area (Å²) in [6.45, 7) is 1.47. The first kappa shape index (κ1) is 16.5. The van der Waals surface area contributed by atoms with Crippen molar-refractivity contribution in [1.29, 1.82) is 0 Å². The van der Waals surface area contributed by atoms with Crippen molar-refractivity contribution in [3.8, 4) is 12.3 Å². The van der Waals surface area contributed by atoms with Gasteiger partial charge in [-0.1, -0.05) is 18.8 Å². The Morgan fingerprint density at radius 3 is 2.27 bits per heavy atom. The van der Waals surface area contributed by atoms with E-state index in [4.69, 9.17) is 6.42 Å². The van der Waals surface area contributed by atoms with Crippen LogP contribution in [0.5, 0.6) is 0 Å². The largest absolute Gasteiger partial charge is 0.339 e. The molecule has 0 spiro atoms. The molecule has 6 heteroatoms. The van der Waals surface area contributed by atoms with E-state index in [0.29, 0.717) is 5.56 Å². The van der Waals surface area contributed by atoms with Gasteiger partial charge in [-0.15, -0.1) is 6.42 Å². The zero-order valence-electron chi connectivity index (χ0n) is 12.4. The molecule has 2 rings (SSSR count). The highest BCUT2D eigenvalue weighted by atomic mass is 32.2. The topological polar surface area (TPSA) is 66.5 Å². The second-order valence-electron chi connectivity index (χ2n) is 5.26. The molecule has 1 aromatic carbocycles. The molecule has 1 aromatic rings. The van der Waals surface area contributed by atoms with Gasteiger partial charge in [0.1, 0.15) is 0 Å². The normalized spacial score (nSPS) is 15.9. The van der Waals surface area contributed by atoms with Gasteiger partial charge in [-0.05, 0) is 37.1 Å². The molecule has 0 bridgehead atoms. The quantitative estimate of drug-likeness (QED) is 0.857. The molecule has 1 saturated heterocycles. The van der Waals surface area contributed by atoms with Crippen molar-refractivity contribution < 1.29 is 13.2 Å². The summed E-state index contributed by atoms with van der Waals surface area (Å²) < 4.78 is 26.1. The fourth-order valence-corrected chi connectivity index (χ4v) is 3.39. The molecule has 0 atom stereocenters. The first-order chi connectivity index (χ1) is 10.5. The average Bonchev–Trinajstić information content (AvgIpc) is 2.81. The summed E-state index contributed by atoms with van der Waals surface area (Å²) in [7, 11) is -3.61. The molecule has 0 radical (unpaired) electrons. The van der Waals surface area contributed by atoms with Crippen LogP contribution in [0, 0.1) is 12.3 Å². The minimum atomic E-state index is -3.61. The van der Waals surface area contributed by atoms with Gasteiger partial charge >= 0.3 is 0 Å². The zero-order chi connectivity index (χ0) is 16.0. The van der Waals surface area contributed by atoms with Crippen molar-refractivity contribution in [3.05, 3.63) is 29.8 Å². The number of carbonyl (C=O) groups is 1. The van der Waals surface area contributed by atoms with Crippen LogP contribution in [0.1, 0.15) is 36.0 Å². The van der Waals surface area contributed by atoms with E-state index in [1.807, 2.05) is 4.90 Å². The molecule has 0 aromatic heterocycles. The van der Waals surface area contributed by atoms with E-state index >= 15 is 0 Å². The molecule has 1 aliphatic rings. The maximum Gasteiger partial charge on any atom is 0.253 e. The molecule has 0 unspecified atom stereocenters. The number of benzene rings is 1. The maximum absolute atomic E-state index is 12.4. The number of terminal acetylenes is 1. The van der Waals surface area contributed by atoms with Crippen molar-refractivity contribution in [2.24, 2.45) is 0 Å². The number of hydrogen-bond donors (Lipinski definition) is 1. The Kier molecular flexibility index (Phi) is 5.58. The van der Waals surface area contributed by atoms with Crippen LogP contribution in [-0.2, 0) is 10.0 Å². The summed E-state index contributed by atoms with van der Waals surface area (Å²) in [5, 5.41) is 0. The lowest BCUT2D eigenvalue weighted by molar-refractivity contribution is 0.0761. The summed E-state index contributed by atoms with van der Waals surface area (Å²) in [6.07, 6.45) is 9.40. The number of hydrogen-bond acceptors (Lipinski definition) is 3. The van der Waals surface area contributed by atoms with Crippen LogP contribution in [-0.4, -0.2) is 38.9 Å². The molecule has 0 aliphatic carbocycles. The van der Waals surface area contributed by atoms with E-state index in [9.17, 15) is 13.2 Å². The molecule has 5 nitrogen and oxygen atoms in total. The van der Waals surface area contributed by atoms with Gasteiger partial charge in [0.25, 0.3) is 5.91 Å². The maximum atomic E-state index is 12.4. The number of amides is 1. The minimum absolute atomic E-state index is 0.0394. The van der Waals surface area contributed by atoms with E-state index < -0.39 is 10.0 Å². The number of nitrogens with one attached hydrogen (secondary N) is 1. The van der Waals surface area contributed by atoms with Gasteiger partial charge in [-0.2, -0.15) is 4.72 Å². The lowest BCUT2D eigenvalue weighted by Gasteiger charge is -2.20. The van der Waals surface area contributed by atoms with Crippen molar-refractivity contribution in [2.45, 2.75) is 30.6 Å². The first-order valence-electron chi connectivity index (χ1n) is 7.37. The van der Waals surface area contributed by atoms with Crippen LogP contribution in [0.15, 0.2) is 29.2 Å². The highest BCUT2D eigenvalue weighted by Crippen LogP contribution is 2.15. The highest BCUT2D eigenvalue weighted by molar-refractivity contribution is 7.89. The molecular formula is C16H20N2O3S. The van der Waals surface area contributed by atoms with Gasteiger partial charge in [0.15, 0.2) is 0 Å². The van der Waals surface area contributed by atoms with Crippen LogP contribution in [0.3, 0.4) is 0 Å². The van der Waals surface area contributed by atoms with Crippen LogP contribution < -0.4 is 4.72 Å². The first-order valence-corrected chi connectivity index (χ1v) is 8.85. The Bertz CT molecular complexity index is 652. The highest BCUT2D eigenvalue weighted by Gasteiger charge is 2.18. The minimum Gasteiger partial charge on any atom is -0.339 e. The van der Waals surface area contributed by atoms with Gasteiger partial charge in [0.05, 0.1) is 11.4 Å². The van der Waals surface area contributed by atoms with Crippen molar-refractivity contribution >= 4 is 15.9 Å². The van der Waals surface area contributed by atoms with E-state index in [1.165, 1.54) is 12.1 Å². The second-order valence-corrected chi connectivity index (χ2v) is 7.03. The number of likely N-dealkylation sites (tertiary alicyclic amines) is 1. The summed E-state index contributed by atoms with van der Waals surface area (Å²) in [4.78, 5) is 14.4. The Hall–Kier alpha value is -1.84. The predicted octanol–water partition coefficient (Wildman–Crippen LogP) is 1.61. The lowest BCUT2D eigenvalue weighted by atomic mass is 10.2. The standard InChI is InChI=1S/C16H20N2O3S/c1-2-11-17-22(20,21)15-9-7-14(8-10-15)16(19)18-12-5-3-4-6-13-18/h1,7-10,17H,3-6,11-13H2. The van der Waals surface area contributed by atoms with Crippen LogP contribution >= 0.6 is 0 Å². The van der Waals surface area contributed by atoms with Gasteiger partial charge in [-0.25, -0.2) is 8.42 Å². The third-order valence-corrected chi connectivity index (χ3v) is 5.09. The summed E-state index contributed by atoms with van der Waals surface area (Å²) in [5.41, 5.74) is 0.512. The summed E-state index contributed by atoms with van der Waals surface area (Å²) >= 11 is 0. The molecule has 1 fully saturated rings. The molecule has 22 heavy (non-hydrogen) atoms. The molecule has 1 heterocycles. The molecule has 1 N–H and O–H groups in total. The SMILES string of the molecule is C#CCNS(=O)(=O)c1ccc(C(=O)N2CCCCCC2)cc1. The van der Waals surface area contributed by atoms with Crippen LogP contribution in [0.2, 0.25) is 0 Å². The van der Waals surface area contributed by atoms with Gasteiger partial charge in [-0.3, -0.25) is 4.79 Å². The smallest absolute Gasteiger partial charge is 0.253 e. The molecule has 0 saturated carbocycles. The van der Waals surface area contributed by atoms with E-state index in [2.05, 4.69) is 10.6 Å². The number of carbonyl (C=O) groups excluding carboxylic acids is 1. The average molecular weight is 320 g/mol. The fraction of sp³-hybridized carbons (Fsp3) is 0.438. The van der Waals surface area contributed by atoms with Crippen molar-refractivity contribution in [1.82, 2.24) is 9.62 Å². The Morgan fingerprint density at radius 2 is 1.73 bits per heavy atom. The van der Waals surface area contributed by atoms with E-state index in [1.54, 1.807) is 12.1 Å². The summed E-state index contributed by atoms with van der Waals surface area (Å²) in [6, 6.07) is 5.98. The third kappa shape index (κ3) is 4.09. The monoisotopic (exact) mass is 320 g/mol. The third-order valence-electron chi connectivity index (χ3n) is 3.67. The van der Waals surface area contributed by atoms with Crippen molar-refractivity contribution in [2.75, 3.05) is 19.6 Å². The Morgan fingerprint density at radius 1 is 1.14 bits per heavy atom. The van der Waals surface area contributed by atoms with Gasteiger partial charge < -0.3 is 4.90 Å². The van der Waals surface area contributed by atoms with Gasteiger partial charge in [0, 0.05) is 18.7 Å². The predicted molar refractivity (Wildman–Crippen MR) is 84.8 cm³/mol. The fourth-order valence-electron chi connectivity index (χ4n) is 2.45. The van der Waals surface area contributed by atoms with Gasteiger partial charge in [0.2, 0.25) is 10.0 Å². The number of nitrogens with zero attached hydrogens (tertiary/aromatic N) is 1. The van der Waals surface area contributed by atoms with E-state index in [-0.39, 0.29) is 17.3 Å². The molecule has 1 amide bonds. The molecule has 1 aliphatic heterocycles. The lowest BCUT2D eigenvalue weighted by Crippen LogP contribution is -2.31. The second kappa shape index (κ2) is 7.43. The Labute approximate surface area is 131 Å². The number of sulfonamides is 1.